The van der Waals surface area contributed by atoms with E-state index in [0.29, 0.717) is 11.5 Å². The predicted molar refractivity (Wildman–Crippen MR) is 261 cm³/mol. The molecule has 11 aromatic rings. The topological polar surface area (TPSA) is 35.2 Å². The van der Waals surface area contributed by atoms with Gasteiger partial charge in [-0.3, -0.25) is 0 Å². The number of nitrogens with zero attached hydrogens (tertiary/aromatic N) is 4. The second-order valence-electron chi connectivity index (χ2n) is 17.3. The molecule has 0 N–H and O–H groups in total. The Morgan fingerprint density at radius 2 is 1.14 bits per heavy atom. The Morgan fingerprint density at radius 3 is 1.88 bits per heavy atom. The number of hydrogen-bond donors (Lipinski definition) is 0. The van der Waals surface area contributed by atoms with Gasteiger partial charge in [0.25, 0.3) is 0 Å². The van der Waals surface area contributed by atoms with Crippen LogP contribution in [0.25, 0.3) is 82.1 Å². The van der Waals surface area contributed by atoms with Crippen LogP contribution >= 0.6 is 0 Å². The summed E-state index contributed by atoms with van der Waals surface area (Å²) in [5, 5.41) is 9.31. The summed E-state index contributed by atoms with van der Waals surface area (Å²) in [5.74, 6) is 2.04. The van der Waals surface area contributed by atoms with Gasteiger partial charge in [0.1, 0.15) is 5.82 Å². The maximum atomic E-state index is 6.71. The first-order valence-corrected chi connectivity index (χ1v) is 21.5. The number of pyridine rings is 1. The predicted octanol–water partition coefficient (Wildman–Crippen LogP) is 15.2. The molecule has 3 aromatic heterocycles. The van der Waals surface area contributed by atoms with Gasteiger partial charge in [0.05, 0.1) is 0 Å². The van der Waals surface area contributed by atoms with Crippen LogP contribution in [0.1, 0.15) is 26.3 Å². The number of hydrogen-bond acceptors (Lipinski definition) is 3. The molecule has 0 saturated carbocycles. The molecule has 0 spiro atoms. The number of fused-ring (bicyclic) bond motifs is 10. The Balaban J connectivity index is 0.00000456. The summed E-state index contributed by atoms with van der Waals surface area (Å²) in [5.41, 5.74) is 9.61. The maximum Gasteiger partial charge on any atom is 0.135 e. The van der Waals surface area contributed by atoms with Crippen LogP contribution in [0.5, 0.6) is 11.5 Å². The molecule has 312 valence electrons. The van der Waals surface area contributed by atoms with Crippen molar-refractivity contribution < 1.29 is 25.8 Å². The second kappa shape index (κ2) is 15.5. The van der Waals surface area contributed by atoms with E-state index in [9.17, 15) is 0 Å². The fraction of sp³-hybridized carbons (Fsp3) is 0.0690. The molecule has 0 bridgehead atoms. The van der Waals surface area contributed by atoms with Crippen LogP contribution < -0.4 is 9.64 Å². The molecular formula is C58H41N4OPt-3. The fourth-order valence-electron chi connectivity index (χ4n) is 9.50. The van der Waals surface area contributed by atoms with Gasteiger partial charge in [0, 0.05) is 50.0 Å². The summed E-state index contributed by atoms with van der Waals surface area (Å²) < 4.78 is 11.3. The van der Waals surface area contributed by atoms with Crippen molar-refractivity contribution in [3.63, 3.8) is 0 Å². The molecule has 0 fully saturated rings. The van der Waals surface area contributed by atoms with Crippen molar-refractivity contribution in [1.82, 2.24) is 14.1 Å². The third-order valence-electron chi connectivity index (χ3n) is 12.5. The standard InChI is InChI=1S/C58H41N4O.Pt/c1-58(2,3)39-32-33-59-55(34-39)62-52-28-12-11-24-48(52)49-31-30-42(36-54(49)62)63-41-19-13-18-40(35-41)60-37-61-56-43(38-16-5-4-6-17-38)25-14-26-50(56)46-22-9-7-20-44(46)45-21-8-10-23-47(45)51-27-15-29-53(60)57(51)61;/h4-34,37H,1-3H3;/q-3;. The summed E-state index contributed by atoms with van der Waals surface area (Å²) in [4.78, 5) is 7.11. The molecule has 0 saturated heterocycles. The minimum atomic E-state index is -0.0276. The first-order chi connectivity index (χ1) is 30.9. The molecule has 0 unspecified atom stereocenters. The molecule has 0 atom stereocenters. The molecule has 0 radical (unpaired) electrons. The van der Waals surface area contributed by atoms with Crippen LogP contribution in [-0.2, 0) is 26.5 Å². The second-order valence-corrected chi connectivity index (χ2v) is 17.3. The Kier molecular flexibility index (Phi) is 9.56. The van der Waals surface area contributed by atoms with E-state index < -0.39 is 0 Å². The van der Waals surface area contributed by atoms with E-state index in [1.807, 2.05) is 24.4 Å². The van der Waals surface area contributed by atoms with Gasteiger partial charge in [-0.2, -0.15) is 12.1 Å². The average molecular weight is 1010 g/mol. The Hall–Kier alpha value is -7.33. The van der Waals surface area contributed by atoms with Crippen molar-refractivity contribution in [2.75, 3.05) is 4.90 Å². The number of rotatable bonds is 5. The molecule has 1 aliphatic rings. The van der Waals surface area contributed by atoms with Crippen LogP contribution in [0.3, 0.4) is 0 Å². The van der Waals surface area contributed by atoms with E-state index in [1.54, 1.807) is 0 Å². The minimum Gasteiger partial charge on any atom is -0.509 e. The fourth-order valence-corrected chi connectivity index (χ4v) is 9.50. The summed E-state index contributed by atoms with van der Waals surface area (Å²) in [6.07, 6.45) is 1.90. The van der Waals surface area contributed by atoms with E-state index in [0.717, 1.165) is 71.9 Å². The van der Waals surface area contributed by atoms with Crippen molar-refractivity contribution in [1.29, 1.82) is 0 Å². The summed E-state index contributed by atoms with van der Waals surface area (Å²) in [6.45, 7) is 8.91. The van der Waals surface area contributed by atoms with Crippen molar-refractivity contribution >= 4 is 76.5 Å². The SMILES string of the molecule is CC(C)(C)c1ccnc(-n2c3[c-]c(Oc4[c-]c(N5[CH-]n6c7c(-c8ccccc8)cccc7c7ccccc7c7ccccc7c7cccc5c76)ccc4)ccc3c3ccccc32)c1.[Pt]. The molecule has 8 aromatic carbocycles. The molecule has 64 heavy (non-hydrogen) atoms. The van der Waals surface area contributed by atoms with Crippen LogP contribution in [-0.4, -0.2) is 14.1 Å². The van der Waals surface area contributed by atoms with E-state index in [-0.39, 0.29) is 26.5 Å². The van der Waals surface area contributed by atoms with Crippen molar-refractivity contribution in [2.24, 2.45) is 0 Å². The monoisotopic (exact) mass is 1000 g/mol. The normalized spacial score (nSPS) is 12.3. The van der Waals surface area contributed by atoms with Crippen LogP contribution in [0, 0.1) is 18.8 Å². The smallest absolute Gasteiger partial charge is 0.135 e. The van der Waals surface area contributed by atoms with Crippen LogP contribution in [0.15, 0.2) is 188 Å². The maximum absolute atomic E-state index is 6.71. The van der Waals surface area contributed by atoms with Crippen LogP contribution in [0.4, 0.5) is 11.4 Å². The third-order valence-corrected chi connectivity index (χ3v) is 12.5. The van der Waals surface area contributed by atoms with Gasteiger partial charge in [-0.15, -0.1) is 35.7 Å². The van der Waals surface area contributed by atoms with E-state index in [4.69, 9.17) is 9.72 Å². The van der Waals surface area contributed by atoms with Gasteiger partial charge in [-0.05, 0) is 102 Å². The Morgan fingerprint density at radius 1 is 0.531 bits per heavy atom. The first-order valence-electron chi connectivity index (χ1n) is 21.5. The molecule has 0 amide bonds. The molecule has 0 aliphatic carbocycles. The third kappa shape index (κ3) is 6.42. The van der Waals surface area contributed by atoms with Gasteiger partial charge < -0.3 is 18.8 Å². The number of benzene rings is 8. The summed E-state index contributed by atoms with van der Waals surface area (Å²) in [7, 11) is 0. The largest absolute Gasteiger partial charge is 0.509 e. The number of anilines is 2. The quantitative estimate of drug-likeness (QED) is 0.161. The molecular weight excluding hydrogens is 964 g/mol. The summed E-state index contributed by atoms with van der Waals surface area (Å²) in [6, 6.07) is 71.9. The van der Waals surface area contributed by atoms with Crippen molar-refractivity contribution in [3.8, 4) is 28.4 Å². The van der Waals surface area contributed by atoms with Gasteiger partial charge in [0.2, 0.25) is 0 Å². The van der Waals surface area contributed by atoms with Gasteiger partial charge in [-0.25, -0.2) is 4.98 Å². The van der Waals surface area contributed by atoms with Crippen LogP contribution in [0.2, 0.25) is 0 Å². The molecule has 5 nitrogen and oxygen atoms in total. The van der Waals surface area contributed by atoms with Gasteiger partial charge >= 0.3 is 0 Å². The Bertz CT molecular complexity index is 3690. The number of ether oxygens (including phenoxy) is 1. The van der Waals surface area contributed by atoms with Gasteiger partial charge in [-0.1, -0.05) is 159 Å². The van der Waals surface area contributed by atoms with E-state index >= 15 is 0 Å². The van der Waals surface area contributed by atoms with Crippen molar-refractivity contribution in [3.05, 3.63) is 213 Å². The Labute approximate surface area is 386 Å². The average Bonchev–Trinajstić information content (AvgIpc) is 3.88. The van der Waals surface area contributed by atoms with Gasteiger partial charge in [0.15, 0.2) is 0 Å². The zero-order valence-corrected chi connectivity index (χ0v) is 37.8. The summed E-state index contributed by atoms with van der Waals surface area (Å²) >= 11 is 0. The molecule has 1 aliphatic heterocycles. The molecule has 12 rings (SSSR count). The molecule has 6 heteroatoms. The van der Waals surface area contributed by atoms with Crippen molar-refractivity contribution in [2.45, 2.75) is 26.2 Å². The van der Waals surface area contributed by atoms with E-state index in [1.165, 1.54) is 27.1 Å². The number of para-hydroxylation sites is 3. The number of aromatic nitrogens is 3. The molecule has 4 heterocycles. The first kappa shape index (κ1) is 39.5. The minimum absolute atomic E-state index is 0. The zero-order chi connectivity index (χ0) is 42.2. The zero-order valence-electron chi connectivity index (χ0n) is 35.5. The van der Waals surface area contributed by atoms with E-state index in [2.05, 4.69) is 217 Å².